The molecule has 6 heteroatoms. The molecule has 5 aromatic carbocycles. The largest absolute Gasteiger partial charge is 0.507 e. The van der Waals surface area contributed by atoms with Crippen LogP contribution in [0.25, 0.3) is 70.3 Å². The fourth-order valence-corrected chi connectivity index (χ4v) is 7.82. The number of hydrogen-bond acceptors (Lipinski definition) is 4. The van der Waals surface area contributed by atoms with Gasteiger partial charge in [0.25, 0.3) is 0 Å². The first-order valence-electron chi connectivity index (χ1n) is 16.1. The average molecular weight is 826 g/mol. The number of rotatable bonds is 3. The third-order valence-corrected chi connectivity index (χ3v) is 10.3. The van der Waals surface area contributed by atoms with Crippen LogP contribution in [-0.4, -0.2) is 19.6 Å². The van der Waals surface area contributed by atoms with Crippen LogP contribution in [-0.2, 0) is 31.9 Å². The summed E-state index contributed by atoms with van der Waals surface area (Å²) in [4.78, 5) is 10.2. The van der Waals surface area contributed by atoms with Crippen LogP contribution in [0.5, 0.6) is 5.75 Å². The van der Waals surface area contributed by atoms with E-state index in [4.69, 9.17) is 9.97 Å². The molecule has 0 aliphatic carbocycles. The van der Waals surface area contributed by atoms with Crippen molar-refractivity contribution in [2.45, 2.75) is 52.4 Å². The molecule has 0 atom stereocenters. The van der Waals surface area contributed by atoms with Crippen molar-refractivity contribution in [1.29, 1.82) is 0 Å². The van der Waals surface area contributed by atoms with Gasteiger partial charge in [0, 0.05) is 48.7 Å². The topological polar surface area (TPSA) is 50.9 Å². The van der Waals surface area contributed by atoms with Gasteiger partial charge in [-0.05, 0) is 57.5 Å². The van der Waals surface area contributed by atoms with Crippen LogP contribution < -0.4 is 0 Å². The van der Waals surface area contributed by atoms with E-state index in [0.717, 1.165) is 65.5 Å². The number of thiophene rings is 1. The number of hydrogen-bond donors (Lipinski definition) is 1. The number of fused-ring (bicyclic) bond motifs is 6. The van der Waals surface area contributed by atoms with Gasteiger partial charge in [0.05, 0.1) is 16.6 Å². The van der Waals surface area contributed by atoms with Crippen molar-refractivity contribution in [2.24, 2.45) is 0 Å². The molecule has 3 heterocycles. The Morgan fingerprint density at radius 3 is 2.19 bits per heavy atom. The van der Waals surface area contributed by atoms with Crippen molar-refractivity contribution in [3.8, 4) is 34.0 Å². The van der Waals surface area contributed by atoms with Crippen LogP contribution in [0.4, 0.5) is 0 Å². The minimum Gasteiger partial charge on any atom is -0.507 e. The van der Waals surface area contributed by atoms with Crippen molar-refractivity contribution in [3.63, 3.8) is 0 Å². The zero-order valence-corrected chi connectivity index (χ0v) is 30.9. The van der Waals surface area contributed by atoms with E-state index in [1.165, 1.54) is 10.1 Å². The van der Waals surface area contributed by atoms with Gasteiger partial charge >= 0.3 is 0 Å². The van der Waals surface area contributed by atoms with Crippen LogP contribution >= 0.6 is 11.3 Å². The quantitative estimate of drug-likeness (QED) is 0.181. The standard InChI is InChI=1S/C42H36N3OS.Pt/c1-41(2,3)25-22-32(38(46)33(23-25)42(4,5)6)40-44-36-28(18-12-19-34(36)45(40)26-14-8-7-9-15-26)30-24-31-37-35(20-13-21-43-37)47-39(31)29-17-11-10-16-27(29)30;/h7-23,46H,1-6H3;/q-1;. The Kier molecular flexibility index (Phi) is 7.85. The van der Waals surface area contributed by atoms with E-state index in [9.17, 15) is 5.11 Å². The molecule has 242 valence electrons. The van der Waals surface area contributed by atoms with Crippen LogP contribution in [0.3, 0.4) is 0 Å². The van der Waals surface area contributed by atoms with Crippen molar-refractivity contribution >= 4 is 53.4 Å². The number of imidazole rings is 1. The molecule has 0 aliphatic rings. The van der Waals surface area contributed by atoms with E-state index in [1.807, 2.05) is 30.5 Å². The zero-order chi connectivity index (χ0) is 32.7. The zero-order valence-electron chi connectivity index (χ0n) is 27.8. The Hall–Kier alpha value is -4.31. The summed E-state index contributed by atoms with van der Waals surface area (Å²) in [6.45, 7) is 13.1. The van der Waals surface area contributed by atoms with E-state index >= 15 is 0 Å². The average Bonchev–Trinajstić information content (AvgIpc) is 3.63. The summed E-state index contributed by atoms with van der Waals surface area (Å²) >= 11 is 1.77. The van der Waals surface area contributed by atoms with Gasteiger partial charge in [0.2, 0.25) is 0 Å². The molecular formula is C42H36N3OPtS-. The van der Waals surface area contributed by atoms with Crippen molar-refractivity contribution < 1.29 is 26.2 Å². The third-order valence-electron chi connectivity index (χ3n) is 9.13. The molecule has 0 amide bonds. The number of para-hydroxylation sites is 2. The molecule has 8 rings (SSSR count). The number of phenols is 1. The van der Waals surface area contributed by atoms with Crippen LogP contribution in [0, 0.1) is 6.07 Å². The van der Waals surface area contributed by atoms with Gasteiger partial charge in [-0.15, -0.1) is 11.6 Å². The SMILES string of the molecule is CC(C)(C)c1cc(-c2nc3c(-c4[c-]c5c6ncccc6sc5c5ccccc45)cccc3n2-c2ccccc2)c(O)c(C(C)(C)C)c1.[Pt]. The Balaban J connectivity index is 0.00000364. The third kappa shape index (κ3) is 5.16. The Morgan fingerprint density at radius 1 is 0.729 bits per heavy atom. The summed E-state index contributed by atoms with van der Waals surface area (Å²) in [6, 6.07) is 37.5. The van der Waals surface area contributed by atoms with E-state index in [2.05, 4.69) is 125 Å². The van der Waals surface area contributed by atoms with Gasteiger partial charge in [0.15, 0.2) is 0 Å². The van der Waals surface area contributed by atoms with Crippen molar-refractivity contribution in [2.75, 3.05) is 0 Å². The Bertz CT molecular complexity index is 2500. The fourth-order valence-electron chi connectivity index (χ4n) is 6.67. The Morgan fingerprint density at radius 2 is 1.46 bits per heavy atom. The number of aromatic nitrogens is 3. The summed E-state index contributed by atoms with van der Waals surface area (Å²) in [5.74, 6) is 0.981. The van der Waals surface area contributed by atoms with Gasteiger partial charge in [-0.3, -0.25) is 9.55 Å². The number of aromatic hydroxyl groups is 1. The molecule has 0 fully saturated rings. The summed E-state index contributed by atoms with van der Waals surface area (Å²) < 4.78 is 4.53. The molecule has 0 spiro atoms. The smallest absolute Gasteiger partial charge is 0.148 e. The van der Waals surface area contributed by atoms with Crippen molar-refractivity contribution in [3.05, 3.63) is 120 Å². The molecule has 0 radical (unpaired) electrons. The fraction of sp³-hybridized carbons (Fsp3) is 0.190. The van der Waals surface area contributed by atoms with Crippen LogP contribution in [0.2, 0.25) is 0 Å². The molecule has 0 saturated carbocycles. The first-order valence-corrected chi connectivity index (χ1v) is 16.9. The molecular weight excluding hydrogens is 790 g/mol. The van der Waals surface area contributed by atoms with E-state index < -0.39 is 0 Å². The maximum Gasteiger partial charge on any atom is 0.148 e. The predicted octanol–water partition coefficient (Wildman–Crippen LogP) is 11.4. The summed E-state index contributed by atoms with van der Waals surface area (Å²) in [5.41, 5.74) is 8.17. The first kappa shape index (κ1) is 32.2. The molecule has 0 bridgehead atoms. The van der Waals surface area contributed by atoms with Crippen LogP contribution in [0.1, 0.15) is 52.7 Å². The summed E-state index contributed by atoms with van der Waals surface area (Å²) in [5, 5.41) is 15.4. The molecule has 1 N–H and O–H groups in total. The van der Waals surface area contributed by atoms with Crippen LogP contribution in [0.15, 0.2) is 103 Å². The van der Waals surface area contributed by atoms with Gasteiger partial charge in [-0.2, -0.15) is 11.3 Å². The Labute approximate surface area is 299 Å². The van der Waals surface area contributed by atoms with E-state index in [-0.39, 0.29) is 37.6 Å². The molecule has 8 aromatic rings. The van der Waals surface area contributed by atoms with E-state index in [1.54, 1.807) is 11.3 Å². The second-order valence-electron chi connectivity index (χ2n) is 14.4. The molecule has 48 heavy (non-hydrogen) atoms. The molecule has 0 unspecified atom stereocenters. The second kappa shape index (κ2) is 11.7. The van der Waals surface area contributed by atoms with Crippen molar-refractivity contribution in [1.82, 2.24) is 14.5 Å². The minimum absolute atomic E-state index is 0. The van der Waals surface area contributed by atoms with Gasteiger partial charge < -0.3 is 5.11 Å². The molecule has 0 aliphatic heterocycles. The summed E-state index contributed by atoms with van der Waals surface area (Å²) in [7, 11) is 0. The maximum absolute atomic E-state index is 12.0. The van der Waals surface area contributed by atoms with Gasteiger partial charge in [-0.1, -0.05) is 124 Å². The molecule has 0 saturated heterocycles. The van der Waals surface area contributed by atoms with Gasteiger partial charge in [0.1, 0.15) is 11.6 Å². The first-order chi connectivity index (χ1) is 22.5. The maximum atomic E-state index is 12.0. The number of benzene rings is 5. The number of phenolic OH excluding ortho intramolecular Hbond substituents is 1. The number of pyridine rings is 1. The second-order valence-corrected chi connectivity index (χ2v) is 15.5. The predicted molar refractivity (Wildman–Crippen MR) is 198 cm³/mol. The number of nitrogens with zero attached hydrogens (tertiary/aromatic N) is 3. The summed E-state index contributed by atoms with van der Waals surface area (Å²) in [6.07, 6.45) is 1.86. The minimum atomic E-state index is -0.268. The molecule has 3 aromatic heterocycles. The monoisotopic (exact) mass is 825 g/mol. The van der Waals surface area contributed by atoms with E-state index in [0.29, 0.717) is 5.82 Å². The normalized spacial score (nSPS) is 12.3. The molecule has 4 nitrogen and oxygen atoms in total. The van der Waals surface area contributed by atoms with Gasteiger partial charge in [-0.25, -0.2) is 4.98 Å².